The van der Waals surface area contributed by atoms with Gasteiger partial charge in [0.1, 0.15) is 12.1 Å². The third-order valence-electron chi connectivity index (χ3n) is 5.29. The van der Waals surface area contributed by atoms with Crippen molar-refractivity contribution in [3.8, 4) is 0 Å². The standard InChI is InChI=1S/C20H25N3O5/c1-4-13-5-9-15(10-6-13)21-17(25)12(2)28-16(24)11-23-18(26)20(3,14-7-8-14)22-19(23)27/h5-6,9-10,12,14H,4,7-8,11H2,1-3H3,(H,21,25)(H,22,27)/t12-,20+/m1/s1. The average molecular weight is 387 g/mol. The van der Waals surface area contributed by atoms with Crippen LogP contribution < -0.4 is 10.6 Å². The van der Waals surface area contributed by atoms with E-state index in [1.54, 1.807) is 19.1 Å². The van der Waals surface area contributed by atoms with Gasteiger partial charge in [-0.25, -0.2) is 4.79 Å². The lowest BCUT2D eigenvalue weighted by molar-refractivity contribution is -0.155. The summed E-state index contributed by atoms with van der Waals surface area (Å²) in [6.45, 7) is 4.63. The molecule has 2 aliphatic rings. The van der Waals surface area contributed by atoms with Gasteiger partial charge in [-0.15, -0.1) is 0 Å². The Morgan fingerprint density at radius 2 is 1.93 bits per heavy atom. The number of imide groups is 1. The Kier molecular flexibility index (Phi) is 5.40. The minimum absolute atomic E-state index is 0.105. The van der Waals surface area contributed by atoms with E-state index in [0.717, 1.165) is 29.7 Å². The highest BCUT2D eigenvalue weighted by molar-refractivity contribution is 6.09. The van der Waals surface area contributed by atoms with E-state index in [1.807, 2.05) is 19.1 Å². The first kappa shape index (κ1) is 19.9. The maximum Gasteiger partial charge on any atom is 0.327 e. The molecule has 0 radical (unpaired) electrons. The third kappa shape index (κ3) is 4.00. The Labute approximate surface area is 163 Å². The van der Waals surface area contributed by atoms with Crippen LogP contribution >= 0.6 is 0 Å². The predicted molar refractivity (Wildman–Crippen MR) is 101 cm³/mol. The van der Waals surface area contributed by atoms with Crippen LogP contribution in [-0.4, -0.2) is 46.9 Å². The third-order valence-corrected chi connectivity index (χ3v) is 5.29. The van der Waals surface area contributed by atoms with Crippen LogP contribution in [0.2, 0.25) is 0 Å². The van der Waals surface area contributed by atoms with Gasteiger partial charge in [0.25, 0.3) is 11.8 Å². The van der Waals surface area contributed by atoms with Crippen LogP contribution in [0.15, 0.2) is 24.3 Å². The smallest absolute Gasteiger partial charge is 0.327 e. The summed E-state index contributed by atoms with van der Waals surface area (Å²) in [6, 6.07) is 6.75. The topological polar surface area (TPSA) is 105 Å². The van der Waals surface area contributed by atoms with Gasteiger partial charge in [-0.1, -0.05) is 19.1 Å². The summed E-state index contributed by atoms with van der Waals surface area (Å²) in [4.78, 5) is 49.8. The van der Waals surface area contributed by atoms with Crippen LogP contribution in [0, 0.1) is 5.92 Å². The van der Waals surface area contributed by atoms with E-state index in [9.17, 15) is 19.2 Å². The van der Waals surface area contributed by atoms with Crippen molar-refractivity contribution in [2.24, 2.45) is 5.92 Å². The zero-order valence-corrected chi connectivity index (χ0v) is 16.3. The van der Waals surface area contributed by atoms with E-state index in [-0.39, 0.29) is 5.92 Å². The number of aryl methyl sites for hydroxylation is 1. The van der Waals surface area contributed by atoms with Crippen molar-refractivity contribution in [2.45, 2.75) is 51.7 Å². The second kappa shape index (κ2) is 7.61. The summed E-state index contributed by atoms with van der Waals surface area (Å²) < 4.78 is 5.11. The van der Waals surface area contributed by atoms with E-state index >= 15 is 0 Å². The van der Waals surface area contributed by atoms with Crippen molar-refractivity contribution in [3.63, 3.8) is 0 Å². The number of ether oxygens (including phenoxy) is 1. The molecule has 28 heavy (non-hydrogen) atoms. The summed E-state index contributed by atoms with van der Waals surface area (Å²) in [7, 11) is 0. The summed E-state index contributed by atoms with van der Waals surface area (Å²) in [5.74, 6) is -1.62. The molecule has 1 aromatic carbocycles. The maximum atomic E-state index is 12.5. The van der Waals surface area contributed by atoms with E-state index in [0.29, 0.717) is 5.69 Å². The van der Waals surface area contributed by atoms with Crippen molar-refractivity contribution in [1.82, 2.24) is 10.2 Å². The number of hydrogen-bond acceptors (Lipinski definition) is 5. The monoisotopic (exact) mass is 387 g/mol. The predicted octanol–water partition coefficient (Wildman–Crippen LogP) is 1.84. The highest BCUT2D eigenvalue weighted by atomic mass is 16.5. The molecule has 1 aliphatic heterocycles. The van der Waals surface area contributed by atoms with E-state index < -0.39 is 42.0 Å². The van der Waals surface area contributed by atoms with Gasteiger partial charge in [-0.2, -0.15) is 0 Å². The van der Waals surface area contributed by atoms with Gasteiger partial charge < -0.3 is 15.4 Å². The van der Waals surface area contributed by atoms with Gasteiger partial charge in [0.05, 0.1) is 0 Å². The van der Waals surface area contributed by atoms with Crippen LogP contribution in [0.3, 0.4) is 0 Å². The molecular weight excluding hydrogens is 362 g/mol. The first-order valence-electron chi connectivity index (χ1n) is 9.48. The molecule has 150 valence electrons. The van der Waals surface area contributed by atoms with Gasteiger partial charge in [-0.05, 0) is 56.7 Å². The fourth-order valence-corrected chi connectivity index (χ4v) is 3.28. The lowest BCUT2D eigenvalue weighted by Crippen LogP contribution is -2.46. The van der Waals surface area contributed by atoms with Crippen molar-refractivity contribution in [1.29, 1.82) is 0 Å². The number of urea groups is 1. The van der Waals surface area contributed by atoms with Crippen molar-refractivity contribution in [3.05, 3.63) is 29.8 Å². The lowest BCUT2D eigenvalue weighted by atomic mass is 9.96. The maximum absolute atomic E-state index is 12.5. The normalized spacial score (nSPS) is 22.6. The fourth-order valence-electron chi connectivity index (χ4n) is 3.28. The van der Waals surface area contributed by atoms with Gasteiger partial charge in [0, 0.05) is 5.69 Å². The van der Waals surface area contributed by atoms with Crippen LogP contribution in [-0.2, 0) is 25.5 Å². The van der Waals surface area contributed by atoms with Gasteiger partial charge in [-0.3, -0.25) is 19.3 Å². The minimum Gasteiger partial charge on any atom is -0.451 e. The molecule has 0 bridgehead atoms. The second-order valence-corrected chi connectivity index (χ2v) is 7.47. The quantitative estimate of drug-likeness (QED) is 0.549. The zero-order chi connectivity index (χ0) is 20.5. The first-order chi connectivity index (χ1) is 13.2. The van der Waals surface area contributed by atoms with Gasteiger partial charge in [0.2, 0.25) is 0 Å². The molecule has 8 nitrogen and oxygen atoms in total. The summed E-state index contributed by atoms with van der Waals surface area (Å²) in [5, 5.41) is 5.34. The Balaban J connectivity index is 1.53. The van der Waals surface area contributed by atoms with E-state index in [1.165, 1.54) is 6.92 Å². The molecule has 8 heteroatoms. The SMILES string of the molecule is CCc1ccc(NC(=O)[C@@H](C)OC(=O)CN2C(=O)N[C@@](C)(C3CC3)C2=O)cc1. The number of carbonyl (C=O) groups excluding carboxylic acids is 4. The van der Waals surface area contributed by atoms with Crippen LogP contribution in [0.5, 0.6) is 0 Å². The number of carbonyl (C=O) groups is 4. The van der Waals surface area contributed by atoms with E-state index in [4.69, 9.17) is 4.74 Å². The summed E-state index contributed by atoms with van der Waals surface area (Å²) in [5.41, 5.74) is 0.786. The van der Waals surface area contributed by atoms with Gasteiger partial charge in [0.15, 0.2) is 6.10 Å². The molecule has 1 saturated heterocycles. The highest BCUT2D eigenvalue weighted by Gasteiger charge is 2.56. The van der Waals surface area contributed by atoms with Crippen molar-refractivity contribution < 1.29 is 23.9 Å². The minimum atomic E-state index is -1.06. The fraction of sp³-hybridized carbons (Fsp3) is 0.500. The molecular formula is C20H25N3O5. The number of nitrogens with zero attached hydrogens (tertiary/aromatic N) is 1. The molecule has 2 N–H and O–H groups in total. The molecule has 0 spiro atoms. The largest absolute Gasteiger partial charge is 0.451 e. The number of nitrogens with one attached hydrogen (secondary N) is 2. The zero-order valence-electron chi connectivity index (χ0n) is 16.3. The molecule has 0 unspecified atom stereocenters. The molecule has 3 rings (SSSR count). The Hall–Kier alpha value is -2.90. The van der Waals surface area contributed by atoms with Crippen molar-refractivity contribution >= 4 is 29.5 Å². The number of anilines is 1. The molecule has 4 amide bonds. The number of benzene rings is 1. The number of esters is 1. The highest BCUT2D eigenvalue weighted by Crippen LogP contribution is 2.42. The molecule has 2 fully saturated rings. The Morgan fingerprint density at radius 3 is 2.50 bits per heavy atom. The summed E-state index contributed by atoms with van der Waals surface area (Å²) >= 11 is 0. The Morgan fingerprint density at radius 1 is 1.29 bits per heavy atom. The van der Waals surface area contributed by atoms with Crippen molar-refractivity contribution in [2.75, 3.05) is 11.9 Å². The van der Waals surface area contributed by atoms with Crippen LogP contribution in [0.1, 0.15) is 39.2 Å². The Bertz CT molecular complexity index is 803. The van der Waals surface area contributed by atoms with Crippen LogP contribution in [0.4, 0.5) is 10.5 Å². The molecule has 1 aliphatic carbocycles. The second-order valence-electron chi connectivity index (χ2n) is 7.47. The molecule has 1 heterocycles. The number of hydrogen-bond donors (Lipinski definition) is 2. The number of amides is 4. The lowest BCUT2D eigenvalue weighted by Gasteiger charge is -2.21. The van der Waals surface area contributed by atoms with Crippen LogP contribution in [0.25, 0.3) is 0 Å². The molecule has 1 aromatic rings. The average Bonchev–Trinajstić information content (AvgIpc) is 3.48. The van der Waals surface area contributed by atoms with Gasteiger partial charge >= 0.3 is 12.0 Å². The number of rotatable bonds is 7. The summed E-state index contributed by atoms with van der Waals surface area (Å²) in [6.07, 6.45) is 1.58. The molecule has 1 saturated carbocycles. The van der Waals surface area contributed by atoms with E-state index in [2.05, 4.69) is 10.6 Å². The first-order valence-corrected chi connectivity index (χ1v) is 9.48. The molecule has 0 aromatic heterocycles. The molecule has 2 atom stereocenters.